The highest BCUT2D eigenvalue weighted by molar-refractivity contribution is 6.22. The number of fused-ring (bicyclic) bond motifs is 9. The molecular formula is C64H41NO. The van der Waals surface area contributed by atoms with Crippen molar-refractivity contribution in [2.24, 2.45) is 0 Å². The molecule has 0 aliphatic heterocycles. The third-order valence-corrected chi connectivity index (χ3v) is 13.4. The fourth-order valence-corrected chi connectivity index (χ4v) is 10.4. The molecular weight excluding hydrogens is 799 g/mol. The number of nitrogens with zero attached hydrogens (tertiary/aromatic N) is 1. The smallest absolute Gasteiger partial charge is 0.143 e. The second-order valence-corrected chi connectivity index (χ2v) is 17.2. The van der Waals surface area contributed by atoms with Crippen molar-refractivity contribution in [2.45, 2.75) is 0 Å². The SMILES string of the molecule is c1ccc(-c2c(-c3ccccc3)c3cc(N(c4ccc(-c5cccc6ccccc56)cc4)c4ccc(-c5cccc6oc7c8ccccc8ccc7c56)cc4)ccc3c3ccccc23)cc1. The molecule has 0 saturated heterocycles. The highest BCUT2D eigenvalue weighted by atomic mass is 16.3. The number of anilines is 3. The van der Waals surface area contributed by atoms with E-state index in [9.17, 15) is 0 Å². The van der Waals surface area contributed by atoms with Gasteiger partial charge in [-0.3, -0.25) is 0 Å². The van der Waals surface area contributed by atoms with Crippen LogP contribution in [0.3, 0.4) is 0 Å². The summed E-state index contributed by atoms with van der Waals surface area (Å²) in [4.78, 5) is 2.40. The summed E-state index contributed by atoms with van der Waals surface area (Å²) in [6, 6.07) is 90.3. The molecule has 0 radical (unpaired) electrons. The van der Waals surface area contributed by atoms with Crippen LogP contribution in [0, 0.1) is 0 Å². The predicted octanol–water partition coefficient (Wildman–Crippen LogP) is 18.3. The van der Waals surface area contributed by atoms with Gasteiger partial charge in [0.25, 0.3) is 0 Å². The molecule has 0 N–H and O–H groups in total. The molecule has 1 heterocycles. The molecule has 0 atom stereocenters. The van der Waals surface area contributed by atoms with Crippen molar-refractivity contribution in [1.29, 1.82) is 0 Å². The molecule has 66 heavy (non-hydrogen) atoms. The van der Waals surface area contributed by atoms with Crippen LogP contribution in [0.4, 0.5) is 17.1 Å². The predicted molar refractivity (Wildman–Crippen MR) is 280 cm³/mol. The van der Waals surface area contributed by atoms with Gasteiger partial charge in [0.1, 0.15) is 11.2 Å². The van der Waals surface area contributed by atoms with Gasteiger partial charge in [0.2, 0.25) is 0 Å². The lowest BCUT2D eigenvalue weighted by atomic mass is 9.85. The first-order valence-corrected chi connectivity index (χ1v) is 22.7. The van der Waals surface area contributed by atoms with E-state index in [4.69, 9.17) is 4.42 Å². The number of hydrogen-bond acceptors (Lipinski definition) is 2. The first-order valence-electron chi connectivity index (χ1n) is 22.7. The van der Waals surface area contributed by atoms with Gasteiger partial charge in [-0.2, -0.15) is 0 Å². The Hall–Kier alpha value is -8.72. The van der Waals surface area contributed by atoms with Crippen LogP contribution in [0.2, 0.25) is 0 Å². The highest BCUT2D eigenvalue weighted by Crippen LogP contribution is 2.48. The van der Waals surface area contributed by atoms with Gasteiger partial charge in [-0.1, -0.05) is 200 Å². The molecule has 0 unspecified atom stereocenters. The summed E-state index contributed by atoms with van der Waals surface area (Å²) < 4.78 is 6.60. The summed E-state index contributed by atoms with van der Waals surface area (Å²) in [5.41, 5.74) is 14.6. The maximum absolute atomic E-state index is 6.60. The van der Waals surface area contributed by atoms with Crippen LogP contribution in [0.15, 0.2) is 253 Å². The molecule has 12 aromatic carbocycles. The Bertz CT molecular complexity index is 3960. The maximum atomic E-state index is 6.60. The summed E-state index contributed by atoms with van der Waals surface area (Å²) in [6.45, 7) is 0. The van der Waals surface area contributed by atoms with Crippen LogP contribution in [0.1, 0.15) is 0 Å². The Morgan fingerprint density at radius 3 is 1.45 bits per heavy atom. The van der Waals surface area contributed by atoms with E-state index in [2.05, 4.69) is 254 Å². The molecule has 2 heteroatoms. The summed E-state index contributed by atoms with van der Waals surface area (Å²) in [5.74, 6) is 0. The standard InChI is InChI=1S/C64H41NO/c1-3-17-46(18-4-1)61-57-25-12-11-24-55(57)56-40-38-50(41-59(56)62(61)47-19-5-2-6-20-47)65(48-34-29-44(30-35-48)52-26-13-21-42-15-7-9-22-51(42)52)49-36-31-45(32-37-49)53-27-14-28-60-63(53)58-39-33-43-16-8-10-23-54(43)64(58)66-60/h1-41H. The van der Waals surface area contributed by atoms with Crippen molar-refractivity contribution in [3.8, 4) is 44.5 Å². The molecule has 0 fully saturated rings. The van der Waals surface area contributed by atoms with Crippen molar-refractivity contribution >= 4 is 82.1 Å². The number of hydrogen-bond donors (Lipinski definition) is 0. The van der Waals surface area contributed by atoms with Gasteiger partial charge in [-0.25, -0.2) is 0 Å². The van der Waals surface area contributed by atoms with E-state index in [1.54, 1.807) is 0 Å². The lowest BCUT2D eigenvalue weighted by Gasteiger charge is -2.27. The van der Waals surface area contributed by atoms with Crippen LogP contribution in [-0.4, -0.2) is 0 Å². The fourth-order valence-electron chi connectivity index (χ4n) is 10.4. The van der Waals surface area contributed by atoms with Crippen molar-refractivity contribution < 1.29 is 4.42 Å². The lowest BCUT2D eigenvalue weighted by Crippen LogP contribution is -2.10. The zero-order chi connectivity index (χ0) is 43.6. The van der Waals surface area contributed by atoms with E-state index in [0.717, 1.165) is 55.5 Å². The second-order valence-electron chi connectivity index (χ2n) is 17.2. The molecule has 0 spiro atoms. The van der Waals surface area contributed by atoms with Crippen LogP contribution in [-0.2, 0) is 0 Å². The van der Waals surface area contributed by atoms with E-state index < -0.39 is 0 Å². The van der Waals surface area contributed by atoms with E-state index in [0.29, 0.717) is 0 Å². The van der Waals surface area contributed by atoms with E-state index in [1.807, 2.05) is 0 Å². The lowest BCUT2D eigenvalue weighted by molar-refractivity contribution is 0.673. The Morgan fingerprint density at radius 2 is 0.758 bits per heavy atom. The zero-order valence-corrected chi connectivity index (χ0v) is 36.0. The third kappa shape index (κ3) is 6.18. The monoisotopic (exact) mass is 839 g/mol. The van der Waals surface area contributed by atoms with Gasteiger partial charge in [0.05, 0.1) is 0 Å². The molecule has 0 aliphatic carbocycles. The normalized spacial score (nSPS) is 11.6. The molecule has 13 aromatic rings. The summed E-state index contributed by atoms with van der Waals surface area (Å²) in [5, 5.41) is 12.0. The van der Waals surface area contributed by atoms with Gasteiger partial charge in [0.15, 0.2) is 0 Å². The van der Waals surface area contributed by atoms with E-state index in [1.165, 1.54) is 71.1 Å². The first-order chi connectivity index (χ1) is 32.7. The Morgan fingerprint density at radius 1 is 0.273 bits per heavy atom. The Balaban J connectivity index is 1.01. The zero-order valence-electron chi connectivity index (χ0n) is 36.0. The van der Waals surface area contributed by atoms with Gasteiger partial charge in [0, 0.05) is 33.2 Å². The summed E-state index contributed by atoms with van der Waals surface area (Å²) >= 11 is 0. The minimum Gasteiger partial charge on any atom is -0.455 e. The van der Waals surface area contributed by atoms with Crippen LogP contribution in [0.5, 0.6) is 0 Å². The number of benzene rings is 12. The van der Waals surface area contributed by atoms with Gasteiger partial charge in [-0.05, 0) is 131 Å². The second kappa shape index (κ2) is 15.5. The average molecular weight is 840 g/mol. The highest BCUT2D eigenvalue weighted by Gasteiger charge is 2.21. The summed E-state index contributed by atoms with van der Waals surface area (Å²) in [6.07, 6.45) is 0. The fraction of sp³-hybridized carbons (Fsp3) is 0. The van der Waals surface area contributed by atoms with Crippen LogP contribution < -0.4 is 4.90 Å². The minimum absolute atomic E-state index is 0.892. The van der Waals surface area contributed by atoms with Crippen molar-refractivity contribution in [3.05, 3.63) is 249 Å². The molecule has 0 saturated carbocycles. The average Bonchev–Trinajstić information content (AvgIpc) is 3.79. The number of furan rings is 1. The maximum Gasteiger partial charge on any atom is 0.143 e. The molecule has 0 aliphatic rings. The van der Waals surface area contributed by atoms with Crippen molar-refractivity contribution in [1.82, 2.24) is 0 Å². The molecule has 0 bridgehead atoms. The Labute approximate surface area is 382 Å². The molecule has 1 aromatic heterocycles. The van der Waals surface area contributed by atoms with E-state index >= 15 is 0 Å². The van der Waals surface area contributed by atoms with Gasteiger partial charge >= 0.3 is 0 Å². The largest absolute Gasteiger partial charge is 0.455 e. The minimum atomic E-state index is 0.892. The quantitative estimate of drug-likeness (QED) is 0.149. The van der Waals surface area contributed by atoms with E-state index in [-0.39, 0.29) is 0 Å². The van der Waals surface area contributed by atoms with Gasteiger partial charge < -0.3 is 9.32 Å². The molecule has 13 rings (SSSR count). The topological polar surface area (TPSA) is 16.4 Å². The van der Waals surface area contributed by atoms with Crippen molar-refractivity contribution in [3.63, 3.8) is 0 Å². The van der Waals surface area contributed by atoms with Gasteiger partial charge in [-0.15, -0.1) is 0 Å². The molecule has 0 amide bonds. The van der Waals surface area contributed by atoms with Crippen LogP contribution >= 0.6 is 0 Å². The first kappa shape index (κ1) is 37.8. The number of rotatable bonds is 7. The van der Waals surface area contributed by atoms with Crippen LogP contribution in [0.25, 0.3) is 110 Å². The summed E-state index contributed by atoms with van der Waals surface area (Å²) in [7, 11) is 0. The van der Waals surface area contributed by atoms with Crippen molar-refractivity contribution in [2.75, 3.05) is 4.90 Å². The Kier molecular flexibility index (Phi) is 8.89. The third-order valence-electron chi connectivity index (χ3n) is 13.4. The molecule has 2 nitrogen and oxygen atoms in total. The molecule has 308 valence electrons.